The quantitative estimate of drug-likeness (QED) is 0.0714. The van der Waals surface area contributed by atoms with E-state index in [1.807, 2.05) is 87.2 Å². The number of amides is 1. The van der Waals surface area contributed by atoms with Crippen LogP contribution in [0.3, 0.4) is 0 Å². The van der Waals surface area contributed by atoms with Crippen LogP contribution in [0.25, 0.3) is 27.9 Å². The summed E-state index contributed by atoms with van der Waals surface area (Å²) in [6.07, 6.45) is 13.1. The van der Waals surface area contributed by atoms with Crippen LogP contribution in [0.4, 0.5) is 17.5 Å². The van der Waals surface area contributed by atoms with Gasteiger partial charge in [0.15, 0.2) is 29.8 Å². The van der Waals surface area contributed by atoms with Gasteiger partial charge < -0.3 is 35.8 Å². The summed E-state index contributed by atoms with van der Waals surface area (Å²) in [5.41, 5.74) is 11.6. The summed E-state index contributed by atoms with van der Waals surface area (Å²) in [5.74, 6) is 3.31. The average Bonchev–Trinajstić information content (AvgIpc) is 3.91. The van der Waals surface area contributed by atoms with Gasteiger partial charge >= 0.3 is 0 Å². The number of para-hydroxylation sites is 1. The van der Waals surface area contributed by atoms with Gasteiger partial charge in [0.1, 0.15) is 41.0 Å². The topological polar surface area (TPSA) is 189 Å². The summed E-state index contributed by atoms with van der Waals surface area (Å²) in [5, 5.41) is 34.6. The lowest BCUT2D eigenvalue weighted by Gasteiger charge is -2.36. The maximum atomic E-state index is 14.1. The monoisotopic (exact) mass is 849 g/mol. The third-order valence-corrected chi connectivity index (χ3v) is 12.1. The number of likely N-dealkylation sites (tertiary alicyclic amines) is 1. The molecule has 2 saturated heterocycles. The number of hydrogen-bond acceptors (Lipinski definition) is 12. The Morgan fingerprint density at radius 2 is 1.83 bits per heavy atom. The molecule has 0 saturated carbocycles. The SMILES string of the molecule is C=C(C[n+]1cc(O)cc(CNc2cc(N3CCCC[C@H]3CCO)nc3c(CC)cnn23)c1)C(=O)N1CCC[C@@H](n2nc(-c3ccc(Oc4ccccc4)cc3)c3c(N)ncnc32)C1. The molecule has 7 aromatic rings. The molecule has 0 spiro atoms. The average molecular weight is 850 g/mol. The molecule has 2 atom stereocenters. The molecule has 2 fully saturated rings. The molecule has 16 heteroatoms. The van der Waals surface area contributed by atoms with Crippen molar-refractivity contribution in [2.75, 3.05) is 42.2 Å². The highest BCUT2D eigenvalue weighted by molar-refractivity contribution is 5.98. The van der Waals surface area contributed by atoms with Gasteiger partial charge in [-0.25, -0.2) is 19.6 Å². The maximum absolute atomic E-state index is 14.1. The maximum Gasteiger partial charge on any atom is 0.255 e. The normalized spacial score (nSPS) is 16.7. The lowest BCUT2D eigenvalue weighted by atomic mass is 9.99. The van der Waals surface area contributed by atoms with E-state index in [4.69, 9.17) is 20.6 Å². The van der Waals surface area contributed by atoms with Gasteiger partial charge in [0, 0.05) is 61.6 Å². The van der Waals surface area contributed by atoms with E-state index in [0.29, 0.717) is 59.9 Å². The molecule has 5 N–H and O–H groups in total. The summed E-state index contributed by atoms with van der Waals surface area (Å²) in [6.45, 7) is 8.87. The number of carbonyl (C=O) groups is 1. The molecule has 16 nitrogen and oxygen atoms in total. The predicted octanol–water partition coefficient (Wildman–Crippen LogP) is 6.24. The number of aryl methyl sites for hydroxylation is 1. The van der Waals surface area contributed by atoms with Crippen LogP contribution in [-0.4, -0.2) is 87.6 Å². The number of carbonyl (C=O) groups excluding carboxylic acids is 1. The van der Waals surface area contributed by atoms with E-state index < -0.39 is 0 Å². The van der Waals surface area contributed by atoms with Crippen molar-refractivity contribution >= 4 is 40.0 Å². The van der Waals surface area contributed by atoms with Gasteiger partial charge in [-0.2, -0.15) is 19.3 Å². The molecule has 2 aliphatic heterocycles. The van der Waals surface area contributed by atoms with Crippen molar-refractivity contribution in [1.29, 1.82) is 0 Å². The molecule has 1 amide bonds. The van der Waals surface area contributed by atoms with E-state index in [0.717, 1.165) is 84.8 Å². The molecule has 2 aliphatic rings. The lowest BCUT2D eigenvalue weighted by molar-refractivity contribution is -0.689. The van der Waals surface area contributed by atoms with Crippen molar-refractivity contribution in [1.82, 2.24) is 39.2 Å². The van der Waals surface area contributed by atoms with Crippen molar-refractivity contribution in [3.8, 4) is 28.5 Å². The Morgan fingerprint density at radius 3 is 2.63 bits per heavy atom. The minimum absolute atomic E-state index is 0.0710. The van der Waals surface area contributed by atoms with Gasteiger partial charge in [-0.05, 0) is 87.4 Å². The Labute approximate surface area is 365 Å². The molecule has 2 aromatic carbocycles. The number of aromatic nitrogens is 8. The second-order valence-corrected chi connectivity index (χ2v) is 16.4. The van der Waals surface area contributed by atoms with Crippen LogP contribution in [0.15, 0.2) is 104 Å². The molecular formula is C47H53N12O4+. The molecule has 324 valence electrons. The molecule has 5 aromatic heterocycles. The van der Waals surface area contributed by atoms with E-state index in [1.54, 1.807) is 16.8 Å². The number of nitrogens with zero attached hydrogens (tertiary/aromatic N) is 10. The van der Waals surface area contributed by atoms with E-state index in [-0.39, 0.29) is 36.9 Å². The summed E-state index contributed by atoms with van der Waals surface area (Å²) in [7, 11) is 0. The number of aliphatic hydroxyl groups is 1. The number of pyridine rings is 1. The van der Waals surface area contributed by atoms with Crippen molar-refractivity contribution in [3.05, 3.63) is 115 Å². The van der Waals surface area contributed by atoms with Gasteiger partial charge in [0.05, 0.1) is 23.2 Å². The summed E-state index contributed by atoms with van der Waals surface area (Å²) >= 11 is 0. The number of nitrogens with two attached hydrogens (primary N) is 1. The molecule has 9 rings (SSSR count). The number of fused-ring (bicyclic) bond motifs is 2. The van der Waals surface area contributed by atoms with Crippen LogP contribution in [0.2, 0.25) is 0 Å². The lowest BCUT2D eigenvalue weighted by Crippen LogP contribution is -2.44. The fourth-order valence-corrected chi connectivity index (χ4v) is 8.94. The third kappa shape index (κ3) is 8.71. The Balaban J connectivity index is 0.893. The molecule has 7 heterocycles. The highest BCUT2D eigenvalue weighted by Gasteiger charge is 2.31. The van der Waals surface area contributed by atoms with Gasteiger partial charge in [-0.3, -0.25) is 4.79 Å². The first-order valence-electron chi connectivity index (χ1n) is 21.8. The van der Waals surface area contributed by atoms with Gasteiger partial charge in [0.2, 0.25) is 6.20 Å². The van der Waals surface area contributed by atoms with Crippen molar-refractivity contribution in [2.45, 2.75) is 77.0 Å². The predicted molar refractivity (Wildman–Crippen MR) is 240 cm³/mol. The fourth-order valence-electron chi connectivity index (χ4n) is 8.94. The number of aromatic hydroxyl groups is 1. The van der Waals surface area contributed by atoms with E-state index in [2.05, 4.69) is 38.8 Å². The number of nitrogens with one attached hydrogen (secondary N) is 1. The summed E-state index contributed by atoms with van der Waals surface area (Å²) < 4.78 is 11.5. The number of rotatable bonds is 14. The van der Waals surface area contributed by atoms with Crippen LogP contribution in [0.5, 0.6) is 17.2 Å². The number of aliphatic hydroxyl groups excluding tert-OH is 1. The zero-order chi connectivity index (χ0) is 43.5. The van der Waals surface area contributed by atoms with Crippen molar-refractivity contribution in [3.63, 3.8) is 0 Å². The van der Waals surface area contributed by atoms with E-state index in [1.165, 1.54) is 6.33 Å². The highest BCUT2D eigenvalue weighted by atomic mass is 16.5. The Morgan fingerprint density at radius 1 is 1.00 bits per heavy atom. The van der Waals surface area contributed by atoms with Crippen LogP contribution < -0.4 is 25.3 Å². The zero-order valence-electron chi connectivity index (χ0n) is 35.5. The number of hydrogen-bond donors (Lipinski definition) is 4. The standard InChI is InChI=1S/C47H52N12O4/c1-3-33-25-52-59-40(23-41(53-45(33)59)57-20-8-7-10-35(57)18-21-60)49-24-32-22-37(61)29-55(27-32)26-31(2)47(62)56-19-9-11-36(28-56)58-46-42(44(48)50-30-51-46)43(54-58)34-14-16-39(17-15-34)63-38-12-5-4-6-13-38/h4-6,12-17,22-23,25,27,29-30,35-36,60H,2-3,7-11,18-21,24,26,28H2,1H3,(H3-,48,49,50,51,52,53,54,61)/p+1/t35-,36+/m0/s1. The largest absolute Gasteiger partial charge is 0.503 e. The second kappa shape index (κ2) is 18.1. The smallest absolute Gasteiger partial charge is 0.255 e. The first-order chi connectivity index (χ1) is 30.8. The minimum Gasteiger partial charge on any atom is -0.503 e. The van der Waals surface area contributed by atoms with Crippen LogP contribution in [0.1, 0.15) is 62.6 Å². The molecule has 0 radical (unpaired) electrons. The van der Waals surface area contributed by atoms with Gasteiger partial charge in [-0.1, -0.05) is 31.7 Å². The van der Waals surface area contributed by atoms with Crippen molar-refractivity contribution < 1.29 is 24.3 Å². The summed E-state index contributed by atoms with van der Waals surface area (Å²) in [6, 6.07) is 21.1. The van der Waals surface area contributed by atoms with Crippen LogP contribution >= 0.6 is 0 Å². The number of piperidine rings is 2. The molecule has 63 heavy (non-hydrogen) atoms. The number of anilines is 3. The molecule has 0 unspecified atom stereocenters. The van der Waals surface area contributed by atoms with Gasteiger partial charge in [0.25, 0.3) is 5.91 Å². The molecule has 0 aliphatic carbocycles. The number of ether oxygens (including phenoxy) is 1. The first-order valence-corrected chi connectivity index (χ1v) is 21.8. The van der Waals surface area contributed by atoms with E-state index >= 15 is 0 Å². The summed E-state index contributed by atoms with van der Waals surface area (Å²) in [4.78, 5) is 32.2. The molecule has 0 bridgehead atoms. The Kier molecular flexibility index (Phi) is 11.9. The fraction of sp³-hybridized carbons (Fsp3) is 0.340. The van der Waals surface area contributed by atoms with E-state index in [9.17, 15) is 15.0 Å². The first kappa shape index (κ1) is 41.3. The highest BCUT2D eigenvalue weighted by Crippen LogP contribution is 2.35. The van der Waals surface area contributed by atoms with Crippen LogP contribution in [0, 0.1) is 0 Å². The minimum atomic E-state index is -0.163. The van der Waals surface area contributed by atoms with Crippen molar-refractivity contribution in [2.24, 2.45) is 0 Å². The Hall–Kier alpha value is -7.07. The Bertz CT molecular complexity index is 2750. The van der Waals surface area contributed by atoms with Gasteiger partial charge in [-0.15, -0.1) is 0 Å². The third-order valence-electron chi connectivity index (χ3n) is 12.1. The van der Waals surface area contributed by atoms with Crippen LogP contribution in [-0.2, 0) is 24.3 Å². The second-order valence-electron chi connectivity index (χ2n) is 16.4. The zero-order valence-corrected chi connectivity index (χ0v) is 35.5. The number of nitrogen functional groups attached to an aromatic ring is 1. The number of benzene rings is 2. The molecular weight excluding hydrogens is 797 g/mol.